The summed E-state index contributed by atoms with van der Waals surface area (Å²) in [5.41, 5.74) is 3.70. The number of hydrogen-bond acceptors (Lipinski definition) is 5. The molecule has 0 bridgehead atoms. The molecule has 4 rings (SSSR count). The van der Waals surface area contributed by atoms with Gasteiger partial charge in [0.05, 0.1) is 18.7 Å². The van der Waals surface area contributed by atoms with Crippen molar-refractivity contribution in [2.45, 2.75) is 19.9 Å². The molecule has 3 aromatic rings. The van der Waals surface area contributed by atoms with Crippen molar-refractivity contribution >= 4 is 11.6 Å². The van der Waals surface area contributed by atoms with Crippen molar-refractivity contribution in [3.8, 4) is 11.5 Å². The van der Waals surface area contributed by atoms with Crippen LogP contribution in [0.3, 0.4) is 0 Å². The lowest BCUT2D eigenvalue weighted by Crippen LogP contribution is -2.34. The van der Waals surface area contributed by atoms with E-state index in [1.807, 2.05) is 54.0 Å². The molecule has 1 aliphatic rings. The Labute approximate surface area is 163 Å². The molecule has 0 atom stereocenters. The zero-order valence-electron chi connectivity index (χ0n) is 16.1. The number of carbonyl (C=O) groups is 1. The van der Waals surface area contributed by atoms with Gasteiger partial charge in [0.25, 0.3) is 0 Å². The van der Waals surface area contributed by atoms with Crippen LogP contribution in [0.15, 0.2) is 42.7 Å². The minimum Gasteiger partial charge on any atom is -0.454 e. The van der Waals surface area contributed by atoms with Crippen molar-refractivity contribution in [1.82, 2.24) is 14.3 Å². The third-order valence-electron chi connectivity index (χ3n) is 4.79. The molecular weight excluding hydrogens is 358 g/mol. The quantitative estimate of drug-likeness (QED) is 0.629. The highest BCUT2D eigenvalue weighted by Crippen LogP contribution is 2.32. The van der Waals surface area contributed by atoms with E-state index >= 15 is 0 Å². The SMILES string of the molecule is COCCN(Cc1ccc2c(c1)OCO2)C(=O)Cc1cn2cccc(C)c2n1. The second-order valence-corrected chi connectivity index (χ2v) is 6.83. The van der Waals surface area contributed by atoms with E-state index < -0.39 is 0 Å². The predicted molar refractivity (Wildman–Crippen MR) is 103 cm³/mol. The van der Waals surface area contributed by atoms with E-state index in [4.69, 9.17) is 14.2 Å². The van der Waals surface area contributed by atoms with Crippen molar-refractivity contribution in [3.05, 3.63) is 59.5 Å². The smallest absolute Gasteiger partial charge is 0.231 e. The Balaban J connectivity index is 1.50. The van der Waals surface area contributed by atoms with Crippen LogP contribution in [0.1, 0.15) is 16.8 Å². The summed E-state index contributed by atoms with van der Waals surface area (Å²) < 4.78 is 17.9. The Hall–Kier alpha value is -3.06. The normalized spacial score (nSPS) is 12.5. The minimum absolute atomic E-state index is 0.00998. The van der Waals surface area contributed by atoms with Gasteiger partial charge in [0.2, 0.25) is 12.7 Å². The van der Waals surface area contributed by atoms with Gasteiger partial charge in [0, 0.05) is 32.6 Å². The average Bonchev–Trinajstić information content (AvgIpc) is 3.31. The number of methoxy groups -OCH3 is 1. The van der Waals surface area contributed by atoms with Gasteiger partial charge in [-0.2, -0.15) is 0 Å². The highest BCUT2D eigenvalue weighted by Gasteiger charge is 2.19. The van der Waals surface area contributed by atoms with Crippen molar-refractivity contribution in [1.29, 1.82) is 0 Å². The highest BCUT2D eigenvalue weighted by molar-refractivity contribution is 5.78. The Morgan fingerprint density at radius 2 is 2.14 bits per heavy atom. The summed E-state index contributed by atoms with van der Waals surface area (Å²) in [6.07, 6.45) is 4.10. The standard InChI is InChI=1S/C21H23N3O4/c1-15-4-3-7-24-13-17(22-21(15)24)11-20(25)23(8-9-26-2)12-16-5-6-18-19(10-16)28-14-27-18/h3-7,10,13H,8-9,11-12,14H2,1-2H3. The summed E-state index contributed by atoms with van der Waals surface area (Å²) in [7, 11) is 1.63. The summed E-state index contributed by atoms with van der Waals surface area (Å²) in [4.78, 5) is 19.4. The van der Waals surface area contributed by atoms with Crippen LogP contribution in [-0.4, -0.2) is 47.2 Å². The molecule has 1 amide bonds. The fraction of sp³-hybridized carbons (Fsp3) is 0.333. The van der Waals surface area contributed by atoms with Gasteiger partial charge in [-0.3, -0.25) is 4.79 Å². The molecule has 0 saturated carbocycles. The zero-order valence-corrected chi connectivity index (χ0v) is 16.1. The van der Waals surface area contributed by atoms with Gasteiger partial charge < -0.3 is 23.5 Å². The van der Waals surface area contributed by atoms with Crippen LogP contribution in [-0.2, 0) is 22.5 Å². The fourth-order valence-corrected chi connectivity index (χ4v) is 3.31. The predicted octanol–water partition coefficient (Wildman–Crippen LogP) is 2.59. The number of carbonyl (C=O) groups excluding carboxylic acids is 1. The molecule has 0 N–H and O–H groups in total. The molecule has 3 heterocycles. The second kappa shape index (κ2) is 7.90. The third kappa shape index (κ3) is 3.80. The first kappa shape index (κ1) is 18.3. The van der Waals surface area contributed by atoms with Crippen LogP contribution in [0.4, 0.5) is 0 Å². The zero-order chi connectivity index (χ0) is 19.5. The Bertz CT molecular complexity index is 998. The number of aromatic nitrogens is 2. The van der Waals surface area contributed by atoms with Crippen molar-refractivity contribution < 1.29 is 19.0 Å². The first-order valence-electron chi connectivity index (χ1n) is 9.22. The van der Waals surface area contributed by atoms with Gasteiger partial charge in [-0.1, -0.05) is 12.1 Å². The maximum absolute atomic E-state index is 13.0. The lowest BCUT2D eigenvalue weighted by molar-refractivity contribution is -0.131. The largest absolute Gasteiger partial charge is 0.454 e. The molecule has 0 saturated heterocycles. The van der Waals surface area contributed by atoms with Crippen LogP contribution >= 0.6 is 0 Å². The number of pyridine rings is 1. The van der Waals surface area contributed by atoms with Gasteiger partial charge in [-0.25, -0.2) is 4.98 Å². The summed E-state index contributed by atoms with van der Waals surface area (Å²) in [5.74, 6) is 1.46. The summed E-state index contributed by atoms with van der Waals surface area (Å²) >= 11 is 0. The fourth-order valence-electron chi connectivity index (χ4n) is 3.31. The Morgan fingerprint density at radius 3 is 2.96 bits per heavy atom. The molecule has 0 unspecified atom stereocenters. The van der Waals surface area contributed by atoms with E-state index in [9.17, 15) is 4.79 Å². The molecule has 28 heavy (non-hydrogen) atoms. The lowest BCUT2D eigenvalue weighted by Gasteiger charge is -2.22. The van der Waals surface area contributed by atoms with E-state index in [1.54, 1.807) is 12.0 Å². The van der Waals surface area contributed by atoms with Crippen LogP contribution < -0.4 is 9.47 Å². The molecule has 1 aliphatic heterocycles. The van der Waals surface area contributed by atoms with E-state index in [-0.39, 0.29) is 19.1 Å². The highest BCUT2D eigenvalue weighted by atomic mass is 16.7. The lowest BCUT2D eigenvalue weighted by atomic mass is 10.1. The molecule has 2 aromatic heterocycles. The number of nitrogens with zero attached hydrogens (tertiary/aromatic N) is 3. The summed E-state index contributed by atoms with van der Waals surface area (Å²) in [6, 6.07) is 9.73. The van der Waals surface area contributed by atoms with E-state index in [0.717, 1.165) is 28.2 Å². The van der Waals surface area contributed by atoms with Crippen LogP contribution in [0.2, 0.25) is 0 Å². The maximum atomic E-state index is 13.0. The molecule has 1 aromatic carbocycles. The van der Waals surface area contributed by atoms with Crippen LogP contribution in [0, 0.1) is 6.92 Å². The maximum Gasteiger partial charge on any atom is 0.231 e. The van der Waals surface area contributed by atoms with Gasteiger partial charge in [-0.15, -0.1) is 0 Å². The third-order valence-corrected chi connectivity index (χ3v) is 4.79. The summed E-state index contributed by atoms with van der Waals surface area (Å²) in [5, 5.41) is 0. The molecule has 0 radical (unpaired) electrons. The first-order valence-corrected chi connectivity index (χ1v) is 9.22. The number of hydrogen-bond donors (Lipinski definition) is 0. The van der Waals surface area contributed by atoms with Gasteiger partial charge in [0.1, 0.15) is 5.65 Å². The molecule has 146 valence electrons. The average molecular weight is 381 g/mol. The first-order chi connectivity index (χ1) is 13.6. The molecule has 7 heteroatoms. The molecule has 0 spiro atoms. The number of fused-ring (bicyclic) bond motifs is 2. The second-order valence-electron chi connectivity index (χ2n) is 6.83. The van der Waals surface area contributed by atoms with Crippen molar-refractivity contribution in [2.24, 2.45) is 0 Å². The van der Waals surface area contributed by atoms with Crippen LogP contribution in [0.5, 0.6) is 11.5 Å². The number of aryl methyl sites for hydroxylation is 1. The van der Waals surface area contributed by atoms with Gasteiger partial charge >= 0.3 is 0 Å². The molecule has 7 nitrogen and oxygen atoms in total. The van der Waals surface area contributed by atoms with Crippen molar-refractivity contribution in [2.75, 3.05) is 27.1 Å². The van der Waals surface area contributed by atoms with Gasteiger partial charge in [-0.05, 0) is 36.2 Å². The number of benzene rings is 1. The number of amides is 1. The topological polar surface area (TPSA) is 65.3 Å². The van der Waals surface area contributed by atoms with Crippen molar-refractivity contribution in [3.63, 3.8) is 0 Å². The molecule has 0 fully saturated rings. The number of ether oxygens (including phenoxy) is 3. The van der Waals surface area contributed by atoms with Gasteiger partial charge in [0.15, 0.2) is 11.5 Å². The Morgan fingerprint density at radius 1 is 1.29 bits per heavy atom. The van der Waals surface area contributed by atoms with E-state index in [1.165, 1.54) is 0 Å². The number of rotatable bonds is 7. The molecular formula is C21H23N3O4. The number of imidazole rings is 1. The van der Waals surface area contributed by atoms with E-state index in [2.05, 4.69) is 4.98 Å². The van der Waals surface area contributed by atoms with E-state index in [0.29, 0.717) is 25.4 Å². The molecule has 0 aliphatic carbocycles. The Kier molecular flexibility index (Phi) is 5.16. The monoisotopic (exact) mass is 381 g/mol. The summed E-state index contributed by atoms with van der Waals surface area (Å²) in [6.45, 7) is 3.71. The minimum atomic E-state index is 0.00998. The van der Waals surface area contributed by atoms with Crippen LogP contribution in [0.25, 0.3) is 5.65 Å².